The van der Waals surface area contributed by atoms with Crippen molar-refractivity contribution in [3.8, 4) is 0 Å². The van der Waals surface area contributed by atoms with Crippen LogP contribution >= 0.6 is 0 Å². The lowest BCUT2D eigenvalue weighted by molar-refractivity contribution is 0.0931. The largest absolute Gasteiger partial charge is 0.341 e. The van der Waals surface area contributed by atoms with Crippen molar-refractivity contribution in [2.45, 2.75) is 13.0 Å². The average Bonchev–Trinajstić information content (AvgIpc) is 3.08. The molecule has 0 fully saturated rings. The standard InChI is InChI=1S/C11H11N7O/c1-7(10-14-16-17-15-10)13-11(19)9-4-2-3-8-5-6-12-18(8)9/h2-7H,1H3,(H,13,19)(H,14,15,16,17). The maximum absolute atomic E-state index is 12.2. The van der Waals surface area contributed by atoms with Crippen LogP contribution in [0.3, 0.4) is 0 Å². The molecule has 19 heavy (non-hydrogen) atoms. The van der Waals surface area contributed by atoms with E-state index in [1.807, 2.05) is 18.2 Å². The second-order valence-corrected chi connectivity index (χ2v) is 4.04. The van der Waals surface area contributed by atoms with Crippen LogP contribution in [0.15, 0.2) is 30.5 Å². The maximum atomic E-state index is 12.2. The molecule has 2 N–H and O–H groups in total. The van der Waals surface area contributed by atoms with Gasteiger partial charge in [0, 0.05) is 0 Å². The van der Waals surface area contributed by atoms with Crippen molar-refractivity contribution >= 4 is 11.4 Å². The number of tetrazole rings is 1. The average molecular weight is 257 g/mol. The van der Waals surface area contributed by atoms with E-state index in [9.17, 15) is 4.79 Å². The molecule has 0 spiro atoms. The van der Waals surface area contributed by atoms with Crippen LogP contribution in [-0.2, 0) is 0 Å². The van der Waals surface area contributed by atoms with E-state index < -0.39 is 0 Å². The Hall–Kier alpha value is -2.77. The Bertz CT molecular complexity index is 703. The van der Waals surface area contributed by atoms with Gasteiger partial charge in [-0.15, -0.1) is 10.2 Å². The molecule has 0 saturated heterocycles. The molecule has 0 saturated carbocycles. The molecule has 3 rings (SSSR count). The highest BCUT2D eigenvalue weighted by atomic mass is 16.2. The second-order valence-electron chi connectivity index (χ2n) is 4.04. The van der Waals surface area contributed by atoms with Gasteiger partial charge in [0.25, 0.3) is 5.91 Å². The minimum Gasteiger partial charge on any atom is -0.341 e. The third kappa shape index (κ3) is 2.03. The molecule has 1 unspecified atom stereocenters. The Kier molecular flexibility index (Phi) is 2.67. The fourth-order valence-corrected chi connectivity index (χ4v) is 1.81. The molecule has 1 atom stereocenters. The van der Waals surface area contributed by atoms with Gasteiger partial charge >= 0.3 is 0 Å². The normalized spacial score (nSPS) is 12.5. The lowest BCUT2D eigenvalue weighted by Gasteiger charge is -2.10. The summed E-state index contributed by atoms with van der Waals surface area (Å²) in [4.78, 5) is 12.2. The van der Waals surface area contributed by atoms with Gasteiger partial charge in [-0.25, -0.2) is 4.52 Å². The molecule has 8 nitrogen and oxygen atoms in total. The van der Waals surface area contributed by atoms with Gasteiger partial charge in [-0.05, 0) is 25.1 Å². The number of aromatic nitrogens is 6. The zero-order valence-electron chi connectivity index (χ0n) is 10.1. The third-order valence-electron chi connectivity index (χ3n) is 2.75. The van der Waals surface area contributed by atoms with Gasteiger partial charge in [0.2, 0.25) is 0 Å². The van der Waals surface area contributed by atoms with E-state index in [4.69, 9.17) is 0 Å². The Labute approximate surface area is 107 Å². The van der Waals surface area contributed by atoms with Gasteiger partial charge in [-0.2, -0.15) is 10.3 Å². The Morgan fingerprint density at radius 2 is 2.32 bits per heavy atom. The van der Waals surface area contributed by atoms with Crippen LogP contribution < -0.4 is 5.32 Å². The summed E-state index contributed by atoms with van der Waals surface area (Å²) < 4.78 is 1.58. The number of nitrogens with zero attached hydrogens (tertiary/aromatic N) is 5. The highest BCUT2D eigenvalue weighted by molar-refractivity contribution is 5.93. The molecule has 0 aliphatic heterocycles. The monoisotopic (exact) mass is 257 g/mol. The highest BCUT2D eigenvalue weighted by Gasteiger charge is 2.16. The smallest absolute Gasteiger partial charge is 0.270 e. The molecule has 3 heterocycles. The summed E-state index contributed by atoms with van der Waals surface area (Å²) in [5.41, 5.74) is 1.32. The predicted molar refractivity (Wildman–Crippen MR) is 65.3 cm³/mol. The molecule has 0 radical (unpaired) electrons. The number of amides is 1. The molecule has 3 aromatic heterocycles. The first-order chi connectivity index (χ1) is 9.25. The zero-order chi connectivity index (χ0) is 13.2. The summed E-state index contributed by atoms with van der Waals surface area (Å²) in [5.74, 6) is 0.188. The SMILES string of the molecule is CC(NC(=O)c1cccc2ccnn12)c1nn[nH]n1. The van der Waals surface area contributed by atoms with Crippen LogP contribution in [0.25, 0.3) is 5.52 Å². The molecule has 0 aliphatic carbocycles. The lowest BCUT2D eigenvalue weighted by atomic mass is 10.2. The number of hydrogen-bond acceptors (Lipinski definition) is 5. The van der Waals surface area contributed by atoms with Crippen molar-refractivity contribution in [3.05, 3.63) is 42.0 Å². The van der Waals surface area contributed by atoms with E-state index in [1.54, 1.807) is 23.7 Å². The van der Waals surface area contributed by atoms with Crippen molar-refractivity contribution < 1.29 is 4.79 Å². The first-order valence-corrected chi connectivity index (χ1v) is 5.72. The first-order valence-electron chi connectivity index (χ1n) is 5.72. The summed E-state index contributed by atoms with van der Waals surface area (Å²) in [7, 11) is 0. The Morgan fingerprint density at radius 1 is 1.42 bits per heavy atom. The van der Waals surface area contributed by atoms with Gasteiger partial charge in [-0.1, -0.05) is 11.3 Å². The van der Waals surface area contributed by atoms with Gasteiger partial charge in [0.15, 0.2) is 5.82 Å². The Balaban J connectivity index is 1.86. The van der Waals surface area contributed by atoms with Crippen molar-refractivity contribution in [2.24, 2.45) is 0 Å². The van der Waals surface area contributed by atoms with Crippen LogP contribution in [-0.4, -0.2) is 36.1 Å². The molecule has 3 aromatic rings. The number of hydrogen-bond donors (Lipinski definition) is 2. The van der Waals surface area contributed by atoms with E-state index in [0.717, 1.165) is 5.52 Å². The summed E-state index contributed by atoms with van der Waals surface area (Å²) in [6.45, 7) is 1.78. The number of carbonyl (C=O) groups excluding carboxylic acids is 1. The van der Waals surface area contributed by atoms with Crippen LogP contribution in [0.5, 0.6) is 0 Å². The first kappa shape index (κ1) is 11.3. The molecular weight excluding hydrogens is 246 g/mol. The fourth-order valence-electron chi connectivity index (χ4n) is 1.81. The van der Waals surface area contributed by atoms with Crippen molar-refractivity contribution in [1.82, 2.24) is 35.6 Å². The van der Waals surface area contributed by atoms with Gasteiger partial charge in [0.1, 0.15) is 5.69 Å². The summed E-state index contributed by atoms with van der Waals surface area (Å²) >= 11 is 0. The molecule has 8 heteroatoms. The topological polar surface area (TPSA) is 101 Å². The minimum absolute atomic E-state index is 0.244. The molecule has 1 amide bonds. The van der Waals surface area contributed by atoms with Crippen molar-refractivity contribution in [1.29, 1.82) is 0 Å². The Morgan fingerprint density at radius 3 is 3.11 bits per heavy atom. The maximum Gasteiger partial charge on any atom is 0.270 e. The molecule has 0 bridgehead atoms. The fraction of sp³-hybridized carbons (Fsp3) is 0.182. The quantitative estimate of drug-likeness (QED) is 0.704. The van der Waals surface area contributed by atoms with Crippen LogP contribution in [0.2, 0.25) is 0 Å². The van der Waals surface area contributed by atoms with E-state index in [0.29, 0.717) is 11.5 Å². The van der Waals surface area contributed by atoms with Gasteiger partial charge in [0.05, 0.1) is 17.8 Å². The molecule has 0 aliphatic rings. The molecular formula is C11H11N7O. The van der Waals surface area contributed by atoms with E-state index in [2.05, 4.69) is 31.0 Å². The number of carbonyl (C=O) groups is 1. The van der Waals surface area contributed by atoms with Gasteiger partial charge < -0.3 is 5.32 Å². The summed E-state index contributed by atoms with van der Waals surface area (Å²) in [5, 5.41) is 20.4. The van der Waals surface area contributed by atoms with Crippen molar-refractivity contribution in [3.63, 3.8) is 0 Å². The lowest BCUT2D eigenvalue weighted by Crippen LogP contribution is -2.29. The summed E-state index contributed by atoms with van der Waals surface area (Å²) in [6.07, 6.45) is 1.65. The van der Waals surface area contributed by atoms with Crippen LogP contribution in [0, 0.1) is 0 Å². The highest BCUT2D eigenvalue weighted by Crippen LogP contribution is 2.09. The third-order valence-corrected chi connectivity index (χ3v) is 2.75. The van der Waals surface area contributed by atoms with Crippen LogP contribution in [0.1, 0.15) is 29.3 Å². The minimum atomic E-state index is -0.336. The van der Waals surface area contributed by atoms with E-state index in [-0.39, 0.29) is 11.9 Å². The number of pyridine rings is 1. The number of rotatable bonds is 3. The van der Waals surface area contributed by atoms with Crippen molar-refractivity contribution in [2.75, 3.05) is 0 Å². The number of fused-ring (bicyclic) bond motifs is 1. The van der Waals surface area contributed by atoms with Gasteiger partial charge in [-0.3, -0.25) is 4.79 Å². The predicted octanol–water partition coefficient (Wildman–Crippen LogP) is 0.338. The number of H-pyrrole nitrogens is 1. The second kappa shape index (κ2) is 4.48. The van der Waals surface area contributed by atoms with E-state index in [1.165, 1.54) is 0 Å². The van der Waals surface area contributed by atoms with E-state index >= 15 is 0 Å². The number of aromatic amines is 1. The van der Waals surface area contributed by atoms with Crippen LogP contribution in [0.4, 0.5) is 0 Å². The molecule has 0 aromatic carbocycles. The zero-order valence-corrected chi connectivity index (χ0v) is 10.1. The number of nitrogens with one attached hydrogen (secondary N) is 2. The summed E-state index contributed by atoms with van der Waals surface area (Å²) in [6, 6.07) is 6.90. The molecule has 96 valence electrons.